The maximum atomic E-state index is 12.5. The van der Waals surface area contributed by atoms with Crippen molar-refractivity contribution in [3.63, 3.8) is 0 Å². The van der Waals surface area contributed by atoms with Gasteiger partial charge in [0.25, 0.3) is 5.91 Å². The van der Waals surface area contributed by atoms with Gasteiger partial charge in [-0.25, -0.2) is 4.98 Å². The Balaban J connectivity index is 1.85. The van der Waals surface area contributed by atoms with E-state index in [1.807, 2.05) is 18.9 Å². The van der Waals surface area contributed by atoms with Crippen LogP contribution in [0.5, 0.6) is 0 Å². The highest BCUT2D eigenvalue weighted by molar-refractivity contribution is 6.31. The molecular weight excluding hydrogens is 264 g/mol. The Bertz CT molecular complexity index is 643. The number of halogens is 1. The van der Waals surface area contributed by atoms with Crippen LogP contribution in [0.15, 0.2) is 12.3 Å². The first-order valence-electron chi connectivity index (χ1n) is 6.20. The number of nitrogens with one attached hydrogen (secondary N) is 1. The zero-order chi connectivity index (χ0) is 13.6. The lowest BCUT2D eigenvalue weighted by molar-refractivity contribution is 0.0722. The highest BCUT2D eigenvalue weighted by atomic mass is 35.5. The number of hydrogen-bond donors (Lipinski definition) is 1. The number of amides is 1. The van der Waals surface area contributed by atoms with E-state index >= 15 is 0 Å². The fourth-order valence-electron chi connectivity index (χ4n) is 2.51. The number of carbonyl (C=O) groups is 1. The molecule has 0 saturated heterocycles. The van der Waals surface area contributed by atoms with Gasteiger partial charge in [-0.15, -0.1) is 0 Å². The van der Waals surface area contributed by atoms with Crippen molar-refractivity contribution >= 4 is 17.5 Å². The summed E-state index contributed by atoms with van der Waals surface area (Å²) in [4.78, 5) is 21.9. The lowest BCUT2D eigenvalue weighted by Gasteiger charge is -2.26. The third-order valence-corrected chi connectivity index (χ3v) is 3.63. The fraction of sp³-hybridized carbons (Fsp3) is 0.385. The molecule has 2 aromatic rings. The Morgan fingerprint density at radius 2 is 2.32 bits per heavy atom. The van der Waals surface area contributed by atoms with Crippen molar-refractivity contribution in [2.75, 3.05) is 6.54 Å². The number of imidazole rings is 1. The predicted molar refractivity (Wildman–Crippen MR) is 72.2 cm³/mol. The predicted octanol–water partition coefficient (Wildman–Crippen LogP) is 1.91. The lowest BCUT2D eigenvalue weighted by Crippen LogP contribution is -2.36. The smallest absolute Gasteiger partial charge is 0.270 e. The van der Waals surface area contributed by atoms with Crippen LogP contribution in [0.2, 0.25) is 5.02 Å². The minimum absolute atomic E-state index is 0.00676. The Morgan fingerprint density at radius 3 is 3.00 bits per heavy atom. The average Bonchev–Trinajstić information content (AvgIpc) is 2.88. The summed E-state index contributed by atoms with van der Waals surface area (Å²) in [5, 5.41) is 0.584. The molecule has 0 fully saturated rings. The molecular formula is C13H15ClN4O. The van der Waals surface area contributed by atoms with E-state index in [4.69, 9.17) is 11.6 Å². The molecule has 0 aromatic carbocycles. The highest BCUT2D eigenvalue weighted by Gasteiger charge is 2.25. The van der Waals surface area contributed by atoms with Crippen molar-refractivity contribution in [3.8, 4) is 0 Å². The highest BCUT2D eigenvalue weighted by Crippen LogP contribution is 2.20. The maximum absolute atomic E-state index is 12.5. The zero-order valence-corrected chi connectivity index (χ0v) is 11.7. The molecule has 3 rings (SSSR count). The molecule has 3 heterocycles. The van der Waals surface area contributed by atoms with E-state index in [-0.39, 0.29) is 5.91 Å². The summed E-state index contributed by atoms with van der Waals surface area (Å²) in [5.74, 6) is 0.911. The van der Waals surface area contributed by atoms with Crippen molar-refractivity contribution in [1.82, 2.24) is 19.4 Å². The first-order chi connectivity index (χ1) is 9.04. The summed E-state index contributed by atoms with van der Waals surface area (Å²) in [5.41, 5.74) is 2.73. The lowest BCUT2D eigenvalue weighted by atomic mass is 10.1. The van der Waals surface area contributed by atoms with Crippen LogP contribution in [0.3, 0.4) is 0 Å². The van der Waals surface area contributed by atoms with Gasteiger partial charge in [0.2, 0.25) is 0 Å². The molecule has 1 aliphatic rings. The van der Waals surface area contributed by atoms with E-state index in [0.29, 0.717) is 23.8 Å². The van der Waals surface area contributed by atoms with Crippen LogP contribution < -0.4 is 0 Å². The molecule has 0 saturated carbocycles. The number of H-pyrrole nitrogens is 1. The molecule has 0 aliphatic carbocycles. The Labute approximate surface area is 116 Å². The third kappa shape index (κ3) is 2.14. The van der Waals surface area contributed by atoms with E-state index in [1.54, 1.807) is 16.8 Å². The largest absolute Gasteiger partial charge is 0.345 e. The van der Waals surface area contributed by atoms with E-state index < -0.39 is 0 Å². The number of nitrogens with zero attached hydrogens (tertiary/aromatic N) is 3. The second-order valence-electron chi connectivity index (χ2n) is 4.88. The second-order valence-corrected chi connectivity index (χ2v) is 5.32. The zero-order valence-electron chi connectivity index (χ0n) is 10.9. The summed E-state index contributed by atoms with van der Waals surface area (Å²) < 4.78 is 1.76. The topological polar surface area (TPSA) is 53.9 Å². The van der Waals surface area contributed by atoms with E-state index in [9.17, 15) is 4.79 Å². The molecule has 1 amide bonds. The Kier molecular flexibility index (Phi) is 2.86. The van der Waals surface area contributed by atoms with Gasteiger partial charge in [0.05, 0.1) is 23.0 Å². The average molecular weight is 279 g/mol. The third-order valence-electron chi connectivity index (χ3n) is 3.43. The monoisotopic (exact) mass is 278 g/mol. The summed E-state index contributed by atoms with van der Waals surface area (Å²) in [6, 6.07) is 1.71. The van der Waals surface area contributed by atoms with Gasteiger partial charge >= 0.3 is 0 Å². The molecule has 6 heteroatoms. The molecule has 19 heavy (non-hydrogen) atoms. The van der Waals surface area contributed by atoms with Gasteiger partial charge in [0.1, 0.15) is 11.5 Å². The van der Waals surface area contributed by atoms with Crippen LogP contribution in [0.4, 0.5) is 0 Å². The van der Waals surface area contributed by atoms with Gasteiger partial charge < -0.3 is 14.5 Å². The van der Waals surface area contributed by atoms with Crippen molar-refractivity contribution in [2.45, 2.75) is 19.9 Å². The van der Waals surface area contributed by atoms with Crippen molar-refractivity contribution in [1.29, 1.82) is 0 Å². The van der Waals surface area contributed by atoms with Crippen LogP contribution >= 0.6 is 11.6 Å². The molecule has 1 aliphatic heterocycles. The van der Waals surface area contributed by atoms with Gasteiger partial charge in [-0.2, -0.15) is 0 Å². The minimum Gasteiger partial charge on any atom is -0.345 e. The van der Waals surface area contributed by atoms with Crippen LogP contribution in [0.25, 0.3) is 0 Å². The number of hydrogen-bond acceptors (Lipinski definition) is 2. The number of aromatic amines is 1. The Morgan fingerprint density at radius 1 is 1.53 bits per heavy atom. The number of carbonyl (C=O) groups excluding carboxylic acids is 1. The van der Waals surface area contributed by atoms with Crippen LogP contribution in [0, 0.1) is 6.92 Å². The van der Waals surface area contributed by atoms with Crippen molar-refractivity contribution < 1.29 is 4.79 Å². The molecule has 0 unspecified atom stereocenters. The van der Waals surface area contributed by atoms with E-state index in [1.165, 1.54) is 0 Å². The number of aromatic nitrogens is 3. The van der Waals surface area contributed by atoms with Gasteiger partial charge in [-0.1, -0.05) is 11.6 Å². The first-order valence-corrected chi connectivity index (χ1v) is 6.58. The van der Waals surface area contributed by atoms with Gasteiger partial charge in [0, 0.05) is 26.2 Å². The van der Waals surface area contributed by atoms with Crippen molar-refractivity contribution in [2.24, 2.45) is 7.05 Å². The summed E-state index contributed by atoms with van der Waals surface area (Å²) >= 11 is 5.93. The second kappa shape index (κ2) is 4.42. The molecule has 0 bridgehead atoms. The van der Waals surface area contributed by atoms with E-state index in [2.05, 4.69) is 9.97 Å². The maximum Gasteiger partial charge on any atom is 0.270 e. The molecule has 0 spiro atoms. The molecule has 5 nitrogen and oxygen atoms in total. The molecule has 2 aromatic heterocycles. The fourth-order valence-corrected chi connectivity index (χ4v) is 2.76. The van der Waals surface area contributed by atoms with Crippen LogP contribution in [-0.4, -0.2) is 31.9 Å². The van der Waals surface area contributed by atoms with Gasteiger partial charge in [-0.05, 0) is 13.0 Å². The van der Waals surface area contributed by atoms with Crippen molar-refractivity contribution in [3.05, 3.63) is 40.2 Å². The molecule has 100 valence electrons. The quantitative estimate of drug-likeness (QED) is 0.866. The van der Waals surface area contributed by atoms with Gasteiger partial charge in [-0.3, -0.25) is 4.79 Å². The van der Waals surface area contributed by atoms with Crippen LogP contribution in [-0.2, 0) is 20.0 Å². The first kappa shape index (κ1) is 12.3. The summed E-state index contributed by atoms with van der Waals surface area (Å²) in [6.07, 6.45) is 2.54. The normalized spacial score (nSPS) is 14.6. The number of fused-ring (bicyclic) bond motifs is 1. The summed E-state index contributed by atoms with van der Waals surface area (Å²) in [6.45, 7) is 3.21. The molecule has 1 N–H and O–H groups in total. The SMILES string of the molecule is Cc1nc2c([nH]1)CN(C(=O)c1cc(Cl)cn1C)CC2. The standard InChI is InChI=1S/C13H15ClN4O/c1-8-15-10-3-4-18(7-11(10)16-8)13(19)12-5-9(14)6-17(12)2/h5-6H,3-4,7H2,1-2H3,(H,15,16). The Hall–Kier alpha value is -1.75. The summed E-state index contributed by atoms with van der Waals surface area (Å²) in [7, 11) is 1.83. The minimum atomic E-state index is 0.00676. The van der Waals surface area contributed by atoms with E-state index in [0.717, 1.165) is 23.6 Å². The van der Waals surface area contributed by atoms with Crippen LogP contribution in [0.1, 0.15) is 27.7 Å². The molecule has 0 radical (unpaired) electrons. The number of aryl methyl sites for hydroxylation is 2. The van der Waals surface area contributed by atoms with Gasteiger partial charge in [0.15, 0.2) is 0 Å². The molecule has 0 atom stereocenters. The number of rotatable bonds is 1.